The second-order valence-corrected chi connectivity index (χ2v) is 3.56. The van der Waals surface area contributed by atoms with Gasteiger partial charge in [0.05, 0.1) is 0 Å². The maximum atomic E-state index is 3.77. The molecule has 0 amide bonds. The number of benzene rings is 1. The first-order valence-corrected chi connectivity index (χ1v) is 4.64. The molecule has 0 aliphatic rings. The van der Waals surface area contributed by atoms with Gasteiger partial charge in [0.1, 0.15) is 0 Å². The zero-order valence-electron chi connectivity index (χ0n) is 6.80. The molecule has 56 valence electrons. The summed E-state index contributed by atoms with van der Waals surface area (Å²) < 4.78 is 0. The molecule has 0 saturated heterocycles. The highest BCUT2D eigenvalue weighted by molar-refractivity contribution is 6.34. The summed E-state index contributed by atoms with van der Waals surface area (Å²) in [6.07, 6.45) is 3.78. The summed E-state index contributed by atoms with van der Waals surface area (Å²) in [5, 5.41) is 1.39. The molecule has 1 rings (SSSR count). The number of hydrogen-bond acceptors (Lipinski definition) is 0. The van der Waals surface area contributed by atoms with Crippen LogP contribution in [0.5, 0.6) is 0 Å². The molecule has 0 fully saturated rings. The van der Waals surface area contributed by atoms with Crippen molar-refractivity contribution >= 4 is 27.6 Å². The van der Waals surface area contributed by atoms with E-state index in [4.69, 9.17) is 0 Å². The average Bonchev–Trinajstić information content (AvgIpc) is 2.04. The molecule has 0 N–H and O–H groups in total. The monoisotopic (exact) mass is 160 g/mol. The molecular formula is C10H12Si. The van der Waals surface area contributed by atoms with Crippen LogP contribution >= 0.6 is 0 Å². The second-order valence-electron chi connectivity index (χ2n) is 2.49. The summed E-state index contributed by atoms with van der Waals surface area (Å²) in [7, 11) is 1.07. The molecule has 0 aromatic heterocycles. The lowest BCUT2D eigenvalue weighted by Gasteiger charge is -2.03. The van der Waals surface area contributed by atoms with E-state index in [1.807, 2.05) is 12.2 Å². The van der Waals surface area contributed by atoms with Crippen molar-refractivity contribution < 1.29 is 0 Å². The van der Waals surface area contributed by atoms with Crippen LogP contribution in [0.2, 0.25) is 0 Å². The van der Waals surface area contributed by atoms with Crippen molar-refractivity contribution in [3.05, 3.63) is 42.5 Å². The van der Waals surface area contributed by atoms with Gasteiger partial charge in [-0.05, 0) is 11.1 Å². The molecule has 0 aliphatic heterocycles. The van der Waals surface area contributed by atoms with Gasteiger partial charge in [-0.15, -0.1) is 0 Å². The lowest BCUT2D eigenvalue weighted by atomic mass is 10.1. The standard InChI is InChI=1S/C10H12Si/c1-3-8-6-5-7-10(11)9(8)4-2/h3-7H,1-2H2,11H3. The van der Waals surface area contributed by atoms with E-state index in [9.17, 15) is 0 Å². The summed E-state index contributed by atoms with van der Waals surface area (Å²) >= 11 is 0. The van der Waals surface area contributed by atoms with Crippen LogP contribution in [0.25, 0.3) is 12.2 Å². The second kappa shape index (κ2) is 3.35. The van der Waals surface area contributed by atoms with Crippen LogP contribution in [-0.2, 0) is 0 Å². The Morgan fingerprint density at radius 3 is 2.36 bits per heavy atom. The molecule has 0 atom stereocenters. The summed E-state index contributed by atoms with van der Waals surface area (Å²) in [4.78, 5) is 0. The lowest BCUT2D eigenvalue weighted by Crippen LogP contribution is -2.07. The quantitative estimate of drug-likeness (QED) is 0.565. The van der Waals surface area contributed by atoms with Gasteiger partial charge < -0.3 is 0 Å². The molecule has 0 bridgehead atoms. The van der Waals surface area contributed by atoms with Crippen LogP contribution in [0.4, 0.5) is 0 Å². The number of rotatable bonds is 2. The molecule has 0 unspecified atom stereocenters. The van der Waals surface area contributed by atoms with Crippen molar-refractivity contribution in [3.63, 3.8) is 0 Å². The van der Waals surface area contributed by atoms with E-state index in [2.05, 4.69) is 31.4 Å². The average molecular weight is 160 g/mol. The fourth-order valence-corrected chi connectivity index (χ4v) is 1.85. The van der Waals surface area contributed by atoms with Crippen molar-refractivity contribution in [3.8, 4) is 0 Å². The predicted octanol–water partition coefficient (Wildman–Crippen LogP) is 0.963. The van der Waals surface area contributed by atoms with E-state index in [0.717, 1.165) is 10.2 Å². The molecular weight excluding hydrogens is 148 g/mol. The number of hydrogen-bond donors (Lipinski definition) is 0. The molecule has 0 radical (unpaired) electrons. The van der Waals surface area contributed by atoms with Gasteiger partial charge in [0.25, 0.3) is 0 Å². The Morgan fingerprint density at radius 1 is 1.18 bits per heavy atom. The first-order valence-electron chi connectivity index (χ1n) is 3.64. The van der Waals surface area contributed by atoms with E-state index in [-0.39, 0.29) is 0 Å². The van der Waals surface area contributed by atoms with Crippen molar-refractivity contribution in [1.29, 1.82) is 0 Å². The summed E-state index contributed by atoms with van der Waals surface area (Å²) in [5.74, 6) is 0. The van der Waals surface area contributed by atoms with Gasteiger partial charge in [-0.1, -0.05) is 48.7 Å². The van der Waals surface area contributed by atoms with Crippen molar-refractivity contribution in [2.75, 3.05) is 0 Å². The van der Waals surface area contributed by atoms with Crippen LogP contribution in [0, 0.1) is 0 Å². The Balaban J connectivity index is 3.35. The van der Waals surface area contributed by atoms with Crippen LogP contribution in [0.3, 0.4) is 0 Å². The summed E-state index contributed by atoms with van der Waals surface area (Å²) in [6.45, 7) is 7.52. The molecule has 0 aliphatic carbocycles. The largest absolute Gasteiger partial charge is 0.0985 e. The van der Waals surface area contributed by atoms with E-state index in [1.54, 1.807) is 0 Å². The van der Waals surface area contributed by atoms with Crippen LogP contribution < -0.4 is 5.19 Å². The van der Waals surface area contributed by atoms with E-state index in [1.165, 1.54) is 16.3 Å². The van der Waals surface area contributed by atoms with Crippen molar-refractivity contribution in [1.82, 2.24) is 0 Å². The van der Waals surface area contributed by atoms with Gasteiger partial charge in [0.15, 0.2) is 0 Å². The Hall–Kier alpha value is -1.08. The smallest absolute Gasteiger partial charge is 0.0393 e. The Labute approximate surface area is 70.7 Å². The maximum Gasteiger partial charge on any atom is 0.0393 e. The molecule has 0 nitrogen and oxygen atoms in total. The summed E-state index contributed by atoms with van der Waals surface area (Å²) in [6, 6.07) is 6.26. The molecule has 1 aromatic rings. The van der Waals surface area contributed by atoms with E-state index < -0.39 is 0 Å². The fourth-order valence-electron chi connectivity index (χ4n) is 1.16. The Morgan fingerprint density at radius 2 is 1.91 bits per heavy atom. The zero-order valence-corrected chi connectivity index (χ0v) is 8.80. The lowest BCUT2D eigenvalue weighted by molar-refractivity contribution is 1.67. The van der Waals surface area contributed by atoms with Crippen LogP contribution in [-0.4, -0.2) is 10.2 Å². The molecule has 1 aromatic carbocycles. The third kappa shape index (κ3) is 1.49. The van der Waals surface area contributed by atoms with Crippen molar-refractivity contribution in [2.45, 2.75) is 0 Å². The van der Waals surface area contributed by atoms with Crippen LogP contribution in [0.15, 0.2) is 31.4 Å². The third-order valence-electron chi connectivity index (χ3n) is 1.78. The highest BCUT2D eigenvalue weighted by Crippen LogP contribution is 2.07. The van der Waals surface area contributed by atoms with E-state index >= 15 is 0 Å². The molecule has 0 saturated carbocycles. The first-order chi connectivity index (χ1) is 5.29. The minimum atomic E-state index is 1.07. The zero-order chi connectivity index (χ0) is 8.27. The molecule has 0 heterocycles. The van der Waals surface area contributed by atoms with Gasteiger partial charge in [0, 0.05) is 10.2 Å². The highest BCUT2D eigenvalue weighted by atomic mass is 28.1. The Bertz CT molecular complexity index is 287. The molecule has 11 heavy (non-hydrogen) atoms. The van der Waals surface area contributed by atoms with Gasteiger partial charge >= 0.3 is 0 Å². The molecule has 1 heteroatoms. The minimum Gasteiger partial charge on any atom is -0.0985 e. The van der Waals surface area contributed by atoms with Crippen LogP contribution in [0.1, 0.15) is 11.1 Å². The Kier molecular flexibility index (Phi) is 2.44. The van der Waals surface area contributed by atoms with Gasteiger partial charge in [-0.3, -0.25) is 0 Å². The maximum absolute atomic E-state index is 3.77. The highest BCUT2D eigenvalue weighted by Gasteiger charge is 1.96. The third-order valence-corrected chi connectivity index (χ3v) is 2.65. The molecule has 0 spiro atoms. The van der Waals surface area contributed by atoms with Crippen molar-refractivity contribution in [2.24, 2.45) is 0 Å². The SMILES string of the molecule is C=Cc1cccc([SiH3])c1C=C. The van der Waals surface area contributed by atoms with Gasteiger partial charge in [-0.25, -0.2) is 0 Å². The summed E-state index contributed by atoms with van der Waals surface area (Å²) in [5.41, 5.74) is 2.43. The topological polar surface area (TPSA) is 0 Å². The first kappa shape index (κ1) is 8.02. The predicted molar refractivity (Wildman–Crippen MR) is 56.2 cm³/mol. The van der Waals surface area contributed by atoms with Gasteiger partial charge in [-0.2, -0.15) is 0 Å². The fraction of sp³-hybridized carbons (Fsp3) is 0. The van der Waals surface area contributed by atoms with Gasteiger partial charge in [0.2, 0.25) is 0 Å². The normalized spacial score (nSPS) is 9.45. The van der Waals surface area contributed by atoms with E-state index in [0.29, 0.717) is 0 Å². The minimum absolute atomic E-state index is 1.07.